The number of carbonyl (C=O) groups is 2. The molecule has 6 heteroatoms. The lowest BCUT2D eigenvalue weighted by Crippen LogP contribution is -2.27. The van der Waals surface area contributed by atoms with Gasteiger partial charge in [0.15, 0.2) is 0 Å². The molecule has 0 unspecified atom stereocenters. The smallest absolute Gasteiger partial charge is 0.312 e. The molecular formula is C23H17ClN2O3. The molecule has 5 nitrogen and oxygen atoms in total. The van der Waals surface area contributed by atoms with Crippen LogP contribution < -0.4 is 10.1 Å². The van der Waals surface area contributed by atoms with Crippen molar-refractivity contribution in [3.63, 3.8) is 0 Å². The Morgan fingerprint density at radius 1 is 0.931 bits per heavy atom. The SMILES string of the molecule is N#Cc1ccc(-c2ccc(OC(=O)CCNC(=O)c3ccccc3Cl)cc2)cc1. The van der Waals surface area contributed by atoms with Gasteiger partial charge in [-0.2, -0.15) is 5.26 Å². The zero-order valence-corrected chi connectivity index (χ0v) is 16.1. The summed E-state index contributed by atoms with van der Waals surface area (Å²) < 4.78 is 5.29. The topological polar surface area (TPSA) is 79.2 Å². The molecule has 0 spiro atoms. The van der Waals surface area contributed by atoms with Gasteiger partial charge in [-0.25, -0.2) is 0 Å². The highest BCUT2D eigenvalue weighted by molar-refractivity contribution is 6.33. The molecule has 3 rings (SSSR count). The van der Waals surface area contributed by atoms with Crippen molar-refractivity contribution in [2.75, 3.05) is 6.54 Å². The number of ether oxygens (including phenoxy) is 1. The number of hydrogen-bond acceptors (Lipinski definition) is 4. The number of amides is 1. The Labute approximate surface area is 173 Å². The molecule has 0 atom stereocenters. The van der Waals surface area contributed by atoms with Crippen LogP contribution in [0.1, 0.15) is 22.3 Å². The number of nitrogens with one attached hydrogen (secondary N) is 1. The quantitative estimate of drug-likeness (QED) is 0.481. The molecule has 3 aromatic carbocycles. The summed E-state index contributed by atoms with van der Waals surface area (Å²) in [6.07, 6.45) is 0.0353. The van der Waals surface area contributed by atoms with Crippen LogP contribution in [0, 0.1) is 11.3 Å². The Kier molecular flexibility index (Phi) is 6.62. The average molecular weight is 405 g/mol. The fourth-order valence-corrected chi connectivity index (χ4v) is 2.88. The fourth-order valence-electron chi connectivity index (χ4n) is 2.65. The second-order valence-electron chi connectivity index (χ2n) is 6.17. The molecule has 29 heavy (non-hydrogen) atoms. The van der Waals surface area contributed by atoms with Crippen molar-refractivity contribution in [3.8, 4) is 22.9 Å². The molecule has 0 bridgehead atoms. The van der Waals surface area contributed by atoms with Crippen molar-refractivity contribution in [2.24, 2.45) is 0 Å². The molecular weight excluding hydrogens is 388 g/mol. The molecule has 0 heterocycles. The van der Waals surface area contributed by atoms with Gasteiger partial charge in [0.25, 0.3) is 5.91 Å². The molecule has 0 aliphatic carbocycles. The largest absolute Gasteiger partial charge is 0.426 e. The maximum Gasteiger partial charge on any atom is 0.312 e. The van der Waals surface area contributed by atoms with Crippen molar-refractivity contribution in [3.05, 3.63) is 88.9 Å². The Morgan fingerprint density at radius 3 is 2.17 bits per heavy atom. The second kappa shape index (κ2) is 9.54. The maximum atomic E-state index is 12.1. The molecule has 0 saturated carbocycles. The number of esters is 1. The minimum atomic E-state index is -0.449. The zero-order valence-electron chi connectivity index (χ0n) is 15.4. The first-order valence-corrected chi connectivity index (χ1v) is 9.28. The van der Waals surface area contributed by atoms with E-state index >= 15 is 0 Å². The van der Waals surface area contributed by atoms with Gasteiger partial charge < -0.3 is 10.1 Å². The Morgan fingerprint density at radius 2 is 1.55 bits per heavy atom. The van der Waals surface area contributed by atoms with Crippen LogP contribution in [0.2, 0.25) is 5.02 Å². The third-order valence-corrected chi connectivity index (χ3v) is 4.50. The van der Waals surface area contributed by atoms with E-state index in [0.717, 1.165) is 11.1 Å². The first kappa shape index (κ1) is 20.1. The van der Waals surface area contributed by atoms with Gasteiger partial charge in [-0.3, -0.25) is 9.59 Å². The third-order valence-electron chi connectivity index (χ3n) is 4.17. The van der Waals surface area contributed by atoms with Crippen LogP contribution in [0.25, 0.3) is 11.1 Å². The second-order valence-corrected chi connectivity index (χ2v) is 6.58. The van der Waals surface area contributed by atoms with Crippen LogP contribution in [0.3, 0.4) is 0 Å². The van der Waals surface area contributed by atoms with Gasteiger partial charge in [0.1, 0.15) is 5.75 Å². The molecule has 3 aromatic rings. The van der Waals surface area contributed by atoms with E-state index in [-0.39, 0.29) is 18.9 Å². The van der Waals surface area contributed by atoms with Crippen LogP contribution in [0.4, 0.5) is 0 Å². The summed E-state index contributed by atoms with van der Waals surface area (Å²) in [6.45, 7) is 0.145. The van der Waals surface area contributed by atoms with Crippen LogP contribution >= 0.6 is 11.6 Å². The highest BCUT2D eigenvalue weighted by Gasteiger charge is 2.11. The van der Waals surface area contributed by atoms with Gasteiger partial charge in [0.2, 0.25) is 0 Å². The number of hydrogen-bond donors (Lipinski definition) is 1. The van der Waals surface area contributed by atoms with E-state index in [1.165, 1.54) is 0 Å². The third kappa shape index (κ3) is 5.44. The lowest BCUT2D eigenvalue weighted by Gasteiger charge is -2.08. The van der Waals surface area contributed by atoms with Crippen molar-refractivity contribution in [1.82, 2.24) is 5.32 Å². The fraction of sp³-hybridized carbons (Fsp3) is 0.0870. The number of rotatable bonds is 6. The number of nitriles is 1. The number of halogens is 1. The zero-order chi connectivity index (χ0) is 20.6. The lowest BCUT2D eigenvalue weighted by molar-refractivity contribution is -0.134. The molecule has 0 radical (unpaired) electrons. The predicted octanol–water partition coefficient (Wildman–Crippen LogP) is 4.60. The summed E-state index contributed by atoms with van der Waals surface area (Å²) in [5.74, 6) is -0.365. The highest BCUT2D eigenvalue weighted by atomic mass is 35.5. The predicted molar refractivity (Wildman–Crippen MR) is 111 cm³/mol. The van der Waals surface area contributed by atoms with Gasteiger partial charge in [-0.1, -0.05) is 48.0 Å². The first-order chi connectivity index (χ1) is 14.1. The first-order valence-electron chi connectivity index (χ1n) is 8.91. The summed E-state index contributed by atoms with van der Waals surface area (Å²) in [7, 11) is 0. The van der Waals surface area contributed by atoms with E-state index in [9.17, 15) is 9.59 Å². The lowest BCUT2D eigenvalue weighted by atomic mass is 10.0. The molecule has 0 saturated heterocycles. The number of benzene rings is 3. The normalized spacial score (nSPS) is 10.1. The van der Waals surface area contributed by atoms with E-state index < -0.39 is 5.97 Å². The maximum absolute atomic E-state index is 12.1. The van der Waals surface area contributed by atoms with Gasteiger partial charge in [-0.15, -0.1) is 0 Å². The summed E-state index contributed by atoms with van der Waals surface area (Å²) in [4.78, 5) is 24.0. The van der Waals surface area contributed by atoms with Crippen molar-refractivity contribution in [2.45, 2.75) is 6.42 Å². The summed E-state index contributed by atoms with van der Waals surface area (Å²) in [5.41, 5.74) is 2.87. The molecule has 0 fully saturated rings. The monoisotopic (exact) mass is 404 g/mol. The molecule has 0 aliphatic rings. The molecule has 144 valence electrons. The van der Waals surface area contributed by atoms with E-state index in [1.54, 1.807) is 48.5 Å². The van der Waals surface area contributed by atoms with Crippen LogP contribution in [0.15, 0.2) is 72.8 Å². The van der Waals surface area contributed by atoms with E-state index in [0.29, 0.717) is 21.9 Å². The van der Waals surface area contributed by atoms with Crippen LogP contribution in [-0.2, 0) is 4.79 Å². The van der Waals surface area contributed by atoms with Gasteiger partial charge in [-0.05, 0) is 47.5 Å². The Hall–Kier alpha value is -3.62. The summed E-state index contributed by atoms with van der Waals surface area (Å²) >= 11 is 5.97. The summed E-state index contributed by atoms with van der Waals surface area (Å²) in [5, 5.41) is 11.9. The van der Waals surface area contributed by atoms with E-state index in [1.807, 2.05) is 24.3 Å². The van der Waals surface area contributed by atoms with E-state index in [4.69, 9.17) is 21.6 Å². The van der Waals surface area contributed by atoms with Crippen LogP contribution in [-0.4, -0.2) is 18.4 Å². The molecule has 0 aromatic heterocycles. The van der Waals surface area contributed by atoms with Crippen molar-refractivity contribution < 1.29 is 14.3 Å². The van der Waals surface area contributed by atoms with Gasteiger partial charge in [0.05, 0.1) is 28.6 Å². The van der Waals surface area contributed by atoms with Crippen molar-refractivity contribution in [1.29, 1.82) is 5.26 Å². The minimum absolute atomic E-state index is 0.0353. The molecule has 1 N–H and O–H groups in total. The average Bonchev–Trinajstić information content (AvgIpc) is 2.74. The van der Waals surface area contributed by atoms with Crippen molar-refractivity contribution >= 4 is 23.5 Å². The van der Waals surface area contributed by atoms with E-state index in [2.05, 4.69) is 11.4 Å². The number of nitrogens with zero attached hydrogens (tertiary/aromatic N) is 1. The minimum Gasteiger partial charge on any atom is -0.426 e. The van der Waals surface area contributed by atoms with Crippen LogP contribution in [0.5, 0.6) is 5.75 Å². The molecule has 1 amide bonds. The highest BCUT2D eigenvalue weighted by Crippen LogP contribution is 2.23. The molecule has 0 aliphatic heterocycles. The van der Waals surface area contributed by atoms with Gasteiger partial charge in [0, 0.05) is 6.54 Å². The Bertz CT molecular complexity index is 1050. The van der Waals surface area contributed by atoms with Gasteiger partial charge >= 0.3 is 5.97 Å². The Balaban J connectivity index is 1.50. The standard InChI is InChI=1S/C23H17ClN2O3/c24-21-4-2-1-3-20(21)23(28)26-14-13-22(27)29-19-11-9-18(10-12-19)17-7-5-16(15-25)6-8-17/h1-12H,13-14H2,(H,26,28). The number of carbonyl (C=O) groups excluding carboxylic acids is 2. The summed E-state index contributed by atoms with van der Waals surface area (Å²) in [6, 6.07) is 23.1.